The van der Waals surface area contributed by atoms with Crippen LogP contribution in [-0.4, -0.2) is 6.54 Å². The number of hydrogen-bond donors (Lipinski definition) is 1. The summed E-state index contributed by atoms with van der Waals surface area (Å²) in [5.41, 5.74) is 6.84. The summed E-state index contributed by atoms with van der Waals surface area (Å²) in [6.45, 7) is 4.59. The second-order valence-corrected chi connectivity index (χ2v) is 4.81. The quantitative estimate of drug-likeness (QED) is 0.781. The Balaban J connectivity index is 2.91. The molecule has 0 amide bonds. The number of rotatable bonds is 5. The van der Waals surface area contributed by atoms with E-state index in [2.05, 4.69) is 0 Å². The molecule has 0 saturated carbocycles. The standard InChI is InChI=1S/C13H19ClFN/c1-9(2)12-8-11(14)7-10(13(12)15)5-3-4-6-16/h7-9H,3-6,16H2,1-2H3. The molecular weight excluding hydrogens is 225 g/mol. The molecule has 1 aromatic carbocycles. The number of nitrogens with two attached hydrogens (primary N) is 1. The molecule has 90 valence electrons. The van der Waals surface area contributed by atoms with Crippen LogP contribution in [0.4, 0.5) is 4.39 Å². The number of aryl methyl sites for hydroxylation is 1. The van der Waals surface area contributed by atoms with E-state index in [4.69, 9.17) is 17.3 Å². The van der Waals surface area contributed by atoms with Crippen LogP contribution >= 0.6 is 11.6 Å². The van der Waals surface area contributed by atoms with Gasteiger partial charge in [0.25, 0.3) is 0 Å². The van der Waals surface area contributed by atoms with Gasteiger partial charge in [-0.1, -0.05) is 25.4 Å². The van der Waals surface area contributed by atoms with Crippen LogP contribution in [0, 0.1) is 5.82 Å². The van der Waals surface area contributed by atoms with Gasteiger partial charge in [-0.3, -0.25) is 0 Å². The molecule has 2 N–H and O–H groups in total. The van der Waals surface area contributed by atoms with Crippen molar-refractivity contribution in [2.75, 3.05) is 6.54 Å². The highest BCUT2D eigenvalue weighted by Crippen LogP contribution is 2.26. The SMILES string of the molecule is CC(C)c1cc(Cl)cc(CCCCN)c1F. The first-order chi connectivity index (χ1) is 7.56. The maximum atomic E-state index is 14.0. The van der Waals surface area contributed by atoms with E-state index in [1.807, 2.05) is 13.8 Å². The summed E-state index contributed by atoms with van der Waals surface area (Å²) in [5.74, 6) is 0.0587. The van der Waals surface area contributed by atoms with E-state index in [1.165, 1.54) is 0 Å². The van der Waals surface area contributed by atoms with E-state index in [9.17, 15) is 4.39 Å². The van der Waals surface area contributed by atoms with Gasteiger partial charge in [0.05, 0.1) is 0 Å². The van der Waals surface area contributed by atoms with Crippen LogP contribution < -0.4 is 5.73 Å². The third-order valence-electron chi connectivity index (χ3n) is 2.66. The Hall–Kier alpha value is -0.600. The molecule has 3 heteroatoms. The van der Waals surface area contributed by atoms with E-state index >= 15 is 0 Å². The van der Waals surface area contributed by atoms with Crippen molar-refractivity contribution in [3.05, 3.63) is 34.1 Å². The Morgan fingerprint density at radius 3 is 2.56 bits per heavy atom. The maximum absolute atomic E-state index is 14.0. The molecule has 1 rings (SSSR count). The normalized spacial score (nSPS) is 11.1. The van der Waals surface area contributed by atoms with E-state index in [0.717, 1.165) is 12.8 Å². The van der Waals surface area contributed by atoms with Gasteiger partial charge in [0.2, 0.25) is 0 Å². The summed E-state index contributed by atoms with van der Waals surface area (Å²) in [6.07, 6.45) is 2.54. The zero-order valence-corrected chi connectivity index (χ0v) is 10.6. The molecule has 0 spiro atoms. The fourth-order valence-electron chi connectivity index (χ4n) is 1.73. The smallest absolute Gasteiger partial charge is 0.129 e. The molecule has 0 unspecified atom stereocenters. The van der Waals surface area contributed by atoms with Crippen LogP contribution in [0.3, 0.4) is 0 Å². The topological polar surface area (TPSA) is 26.0 Å². The minimum absolute atomic E-state index is 0.101. The molecule has 0 aromatic heterocycles. The minimum atomic E-state index is -0.101. The van der Waals surface area contributed by atoms with Crippen LogP contribution in [0.5, 0.6) is 0 Å². The van der Waals surface area contributed by atoms with Crippen molar-refractivity contribution in [1.82, 2.24) is 0 Å². The van der Waals surface area contributed by atoms with E-state index < -0.39 is 0 Å². The van der Waals surface area contributed by atoms with Crippen LogP contribution in [0.1, 0.15) is 43.7 Å². The maximum Gasteiger partial charge on any atom is 0.129 e. The minimum Gasteiger partial charge on any atom is -0.330 e. The first-order valence-corrected chi connectivity index (χ1v) is 6.12. The summed E-state index contributed by atoms with van der Waals surface area (Å²) < 4.78 is 14.0. The van der Waals surface area contributed by atoms with Gasteiger partial charge in [-0.2, -0.15) is 0 Å². The molecule has 0 bridgehead atoms. The molecular formula is C13H19ClFN. The first-order valence-electron chi connectivity index (χ1n) is 5.74. The second kappa shape index (κ2) is 6.21. The lowest BCUT2D eigenvalue weighted by Crippen LogP contribution is -2.02. The van der Waals surface area contributed by atoms with Crippen molar-refractivity contribution >= 4 is 11.6 Å². The largest absolute Gasteiger partial charge is 0.330 e. The number of halogens is 2. The molecule has 0 aliphatic heterocycles. The average Bonchev–Trinajstić information content (AvgIpc) is 2.22. The summed E-state index contributed by atoms with van der Waals surface area (Å²) in [7, 11) is 0. The molecule has 0 radical (unpaired) electrons. The number of hydrogen-bond acceptors (Lipinski definition) is 1. The van der Waals surface area contributed by atoms with Crippen molar-refractivity contribution in [3.8, 4) is 0 Å². The Morgan fingerprint density at radius 1 is 1.31 bits per heavy atom. The van der Waals surface area contributed by atoms with E-state index in [0.29, 0.717) is 29.1 Å². The van der Waals surface area contributed by atoms with Crippen molar-refractivity contribution in [3.63, 3.8) is 0 Å². The van der Waals surface area contributed by atoms with Crippen LogP contribution in [0.25, 0.3) is 0 Å². The van der Waals surface area contributed by atoms with Crippen molar-refractivity contribution in [2.45, 2.75) is 39.0 Å². The molecule has 16 heavy (non-hydrogen) atoms. The molecule has 0 aliphatic carbocycles. The monoisotopic (exact) mass is 243 g/mol. The molecule has 0 fully saturated rings. The van der Waals surface area contributed by atoms with Gasteiger partial charge >= 0.3 is 0 Å². The lowest BCUT2D eigenvalue weighted by atomic mass is 9.97. The Morgan fingerprint density at radius 2 is 2.00 bits per heavy atom. The van der Waals surface area contributed by atoms with Gasteiger partial charge in [0, 0.05) is 5.02 Å². The molecule has 0 atom stereocenters. The highest BCUT2D eigenvalue weighted by Gasteiger charge is 2.12. The lowest BCUT2D eigenvalue weighted by molar-refractivity contribution is 0.575. The summed E-state index contributed by atoms with van der Waals surface area (Å²) >= 11 is 5.99. The highest BCUT2D eigenvalue weighted by molar-refractivity contribution is 6.30. The van der Waals surface area contributed by atoms with Crippen molar-refractivity contribution in [1.29, 1.82) is 0 Å². The predicted octanol–water partition coefficient (Wildman–Crippen LogP) is 3.88. The van der Waals surface area contributed by atoms with Crippen LogP contribution in [-0.2, 0) is 6.42 Å². The van der Waals surface area contributed by atoms with E-state index in [-0.39, 0.29) is 11.7 Å². The van der Waals surface area contributed by atoms with Gasteiger partial charge in [0.15, 0.2) is 0 Å². The second-order valence-electron chi connectivity index (χ2n) is 4.37. The zero-order valence-electron chi connectivity index (χ0n) is 9.89. The predicted molar refractivity (Wildman–Crippen MR) is 67.5 cm³/mol. The van der Waals surface area contributed by atoms with Gasteiger partial charge in [-0.05, 0) is 55.0 Å². The van der Waals surface area contributed by atoms with Crippen LogP contribution in [0.15, 0.2) is 12.1 Å². The molecule has 0 saturated heterocycles. The van der Waals surface area contributed by atoms with E-state index in [1.54, 1.807) is 12.1 Å². The Bertz CT molecular complexity index is 350. The molecule has 1 aromatic rings. The molecule has 0 heterocycles. The number of benzene rings is 1. The van der Waals surface area contributed by atoms with Crippen molar-refractivity contribution in [2.24, 2.45) is 5.73 Å². The van der Waals surface area contributed by atoms with Crippen LogP contribution in [0.2, 0.25) is 5.02 Å². The zero-order chi connectivity index (χ0) is 12.1. The number of unbranched alkanes of at least 4 members (excludes halogenated alkanes) is 1. The summed E-state index contributed by atoms with van der Waals surface area (Å²) in [5, 5.41) is 0.618. The van der Waals surface area contributed by atoms with Gasteiger partial charge in [-0.15, -0.1) is 0 Å². The molecule has 0 aliphatic rings. The van der Waals surface area contributed by atoms with Gasteiger partial charge in [-0.25, -0.2) is 4.39 Å². The highest BCUT2D eigenvalue weighted by atomic mass is 35.5. The fraction of sp³-hybridized carbons (Fsp3) is 0.538. The first kappa shape index (κ1) is 13.5. The lowest BCUT2D eigenvalue weighted by Gasteiger charge is -2.12. The summed E-state index contributed by atoms with van der Waals surface area (Å²) in [6, 6.07) is 3.44. The Kier molecular flexibility index (Phi) is 5.23. The third kappa shape index (κ3) is 3.46. The van der Waals surface area contributed by atoms with Gasteiger partial charge < -0.3 is 5.73 Å². The average molecular weight is 244 g/mol. The molecule has 1 nitrogen and oxygen atoms in total. The van der Waals surface area contributed by atoms with Crippen molar-refractivity contribution < 1.29 is 4.39 Å². The Labute approximate surface area is 102 Å². The third-order valence-corrected chi connectivity index (χ3v) is 2.88. The summed E-state index contributed by atoms with van der Waals surface area (Å²) in [4.78, 5) is 0. The van der Waals surface area contributed by atoms with Gasteiger partial charge in [0.1, 0.15) is 5.82 Å². The fourth-order valence-corrected chi connectivity index (χ4v) is 1.98.